The maximum atomic E-state index is 6.06. The Kier molecular flexibility index (Phi) is 4.08. The summed E-state index contributed by atoms with van der Waals surface area (Å²) in [5, 5.41) is 9.05. The van der Waals surface area contributed by atoms with Crippen LogP contribution in [0.2, 0.25) is 5.02 Å². The topological polar surface area (TPSA) is 50.7 Å². The van der Waals surface area contributed by atoms with Gasteiger partial charge in [-0.15, -0.1) is 5.10 Å². The van der Waals surface area contributed by atoms with Gasteiger partial charge in [0.2, 0.25) is 0 Å². The van der Waals surface area contributed by atoms with Gasteiger partial charge in [-0.25, -0.2) is 0 Å². The lowest BCUT2D eigenvalue weighted by atomic mass is 9.86. The average Bonchev–Trinajstić information content (AvgIpc) is 2.51. The molecule has 1 aliphatic rings. The zero-order valence-electron chi connectivity index (χ0n) is 11.1. The summed E-state index contributed by atoms with van der Waals surface area (Å²) in [5.74, 6) is 0.664. The Bertz CT molecular complexity index is 726. The average molecular weight is 363 g/mol. The Morgan fingerprint density at radius 1 is 1.10 bits per heavy atom. The summed E-state index contributed by atoms with van der Waals surface area (Å²) in [5.41, 5.74) is 8.96. The summed E-state index contributed by atoms with van der Waals surface area (Å²) in [6.07, 6.45) is 0.670. The van der Waals surface area contributed by atoms with Gasteiger partial charge in [0.25, 0.3) is 0 Å². The lowest BCUT2D eigenvalue weighted by molar-refractivity contribution is 0.887. The van der Waals surface area contributed by atoms with Gasteiger partial charge in [-0.2, -0.15) is 5.10 Å². The lowest BCUT2D eigenvalue weighted by Gasteiger charge is -2.22. The molecule has 0 bridgehead atoms. The van der Waals surface area contributed by atoms with E-state index in [9.17, 15) is 0 Å². The van der Waals surface area contributed by atoms with Gasteiger partial charge in [-0.05, 0) is 39.2 Å². The van der Waals surface area contributed by atoms with Gasteiger partial charge in [-0.1, -0.05) is 48.0 Å². The van der Waals surface area contributed by atoms with Crippen LogP contribution in [0.5, 0.6) is 0 Å². The largest absolute Gasteiger partial charge is 0.386 e. The minimum atomic E-state index is 0.108. The fraction of sp³-hybridized carbons (Fsp3) is 0.125. The minimum Gasteiger partial charge on any atom is -0.386 e. The number of rotatable bonds is 2. The van der Waals surface area contributed by atoms with Crippen LogP contribution in [-0.2, 0) is 0 Å². The quantitative estimate of drug-likeness (QED) is 0.848. The van der Waals surface area contributed by atoms with Crippen LogP contribution < -0.4 is 5.73 Å². The molecular weight excluding hydrogens is 350 g/mol. The van der Waals surface area contributed by atoms with E-state index < -0.39 is 0 Å². The molecule has 21 heavy (non-hydrogen) atoms. The zero-order valence-corrected chi connectivity index (χ0v) is 13.5. The van der Waals surface area contributed by atoms with Gasteiger partial charge in [-0.3, -0.25) is 0 Å². The first-order valence-corrected chi connectivity index (χ1v) is 7.72. The van der Waals surface area contributed by atoms with E-state index in [1.54, 1.807) is 0 Å². The maximum Gasteiger partial charge on any atom is 0.123 e. The van der Waals surface area contributed by atoms with Crippen LogP contribution in [-0.4, -0.2) is 11.5 Å². The Labute approximate surface area is 136 Å². The second-order valence-corrected chi connectivity index (χ2v) is 6.13. The zero-order chi connectivity index (χ0) is 14.8. The Hall–Kier alpha value is -1.65. The number of nitrogens with zero attached hydrogens (tertiary/aromatic N) is 2. The summed E-state index contributed by atoms with van der Waals surface area (Å²) in [6, 6.07) is 16.0. The molecule has 0 radical (unpaired) electrons. The van der Waals surface area contributed by atoms with Crippen molar-refractivity contribution in [3.63, 3.8) is 0 Å². The van der Waals surface area contributed by atoms with E-state index in [2.05, 4.69) is 38.3 Å². The molecule has 3 rings (SSSR count). The monoisotopic (exact) mass is 361 g/mol. The van der Waals surface area contributed by atoms with E-state index in [0.717, 1.165) is 15.7 Å². The number of benzene rings is 2. The Morgan fingerprint density at radius 3 is 2.57 bits per heavy atom. The third-order valence-electron chi connectivity index (χ3n) is 3.45. The molecule has 0 spiro atoms. The molecule has 1 heterocycles. The molecule has 1 aliphatic heterocycles. The Balaban J connectivity index is 2.06. The summed E-state index contributed by atoms with van der Waals surface area (Å²) in [4.78, 5) is 0. The van der Waals surface area contributed by atoms with E-state index >= 15 is 0 Å². The lowest BCUT2D eigenvalue weighted by Crippen LogP contribution is -2.25. The first-order chi connectivity index (χ1) is 10.1. The summed E-state index contributed by atoms with van der Waals surface area (Å²) in [6.45, 7) is 0. The molecule has 0 aliphatic carbocycles. The van der Waals surface area contributed by atoms with Crippen molar-refractivity contribution in [2.75, 3.05) is 0 Å². The SMILES string of the molecule is NC1=NN=C(c2ccc(Cl)c(Br)c2)C(c2ccccc2)C1. The number of hydrogen-bond acceptors (Lipinski definition) is 3. The summed E-state index contributed by atoms with van der Waals surface area (Å²) >= 11 is 9.52. The predicted molar refractivity (Wildman–Crippen MR) is 91.1 cm³/mol. The molecule has 0 amide bonds. The maximum absolute atomic E-state index is 6.06. The highest BCUT2D eigenvalue weighted by Gasteiger charge is 2.24. The highest BCUT2D eigenvalue weighted by atomic mass is 79.9. The van der Waals surface area contributed by atoms with Crippen LogP contribution in [0.25, 0.3) is 0 Å². The third-order valence-corrected chi connectivity index (χ3v) is 4.66. The van der Waals surface area contributed by atoms with Gasteiger partial charge >= 0.3 is 0 Å². The standard InChI is InChI=1S/C16H13BrClN3/c17-13-8-11(6-7-14(13)18)16-12(9-15(19)20-21-16)10-4-2-1-3-5-10/h1-8,12H,9H2,(H2,19,20). The van der Waals surface area contributed by atoms with E-state index in [1.165, 1.54) is 5.56 Å². The fourth-order valence-corrected chi connectivity index (χ4v) is 2.91. The van der Waals surface area contributed by atoms with Gasteiger partial charge < -0.3 is 5.73 Å². The van der Waals surface area contributed by atoms with Crippen LogP contribution in [0.4, 0.5) is 0 Å². The summed E-state index contributed by atoms with van der Waals surface area (Å²) in [7, 11) is 0. The van der Waals surface area contributed by atoms with E-state index in [-0.39, 0.29) is 5.92 Å². The first kappa shape index (κ1) is 14.3. The molecule has 106 valence electrons. The first-order valence-electron chi connectivity index (χ1n) is 6.55. The van der Waals surface area contributed by atoms with Crippen molar-refractivity contribution in [2.45, 2.75) is 12.3 Å². The van der Waals surface area contributed by atoms with Gasteiger partial charge in [0.1, 0.15) is 5.84 Å². The number of halogens is 2. The molecule has 0 fully saturated rings. The van der Waals surface area contributed by atoms with Gasteiger partial charge in [0.05, 0.1) is 10.7 Å². The molecular formula is C16H13BrClN3. The van der Waals surface area contributed by atoms with Crippen LogP contribution in [0.15, 0.2) is 63.2 Å². The van der Waals surface area contributed by atoms with E-state index in [4.69, 9.17) is 17.3 Å². The molecule has 3 nitrogen and oxygen atoms in total. The highest BCUT2D eigenvalue weighted by Crippen LogP contribution is 2.31. The second-order valence-electron chi connectivity index (χ2n) is 4.87. The van der Waals surface area contributed by atoms with Crippen molar-refractivity contribution in [3.8, 4) is 0 Å². The normalized spacial score (nSPS) is 18.1. The molecule has 0 saturated heterocycles. The van der Waals surface area contributed by atoms with E-state index in [1.807, 2.05) is 36.4 Å². The molecule has 0 saturated carbocycles. The highest BCUT2D eigenvalue weighted by molar-refractivity contribution is 9.10. The second kappa shape index (κ2) is 6.00. The van der Waals surface area contributed by atoms with Gasteiger partial charge in [0.15, 0.2) is 0 Å². The number of hydrogen-bond donors (Lipinski definition) is 1. The molecule has 5 heteroatoms. The van der Waals surface area contributed by atoms with Crippen molar-refractivity contribution < 1.29 is 0 Å². The smallest absolute Gasteiger partial charge is 0.123 e. The van der Waals surface area contributed by atoms with Crippen molar-refractivity contribution in [1.29, 1.82) is 0 Å². The molecule has 1 unspecified atom stereocenters. The van der Waals surface area contributed by atoms with Crippen LogP contribution in [0.3, 0.4) is 0 Å². The molecule has 2 N–H and O–H groups in total. The third kappa shape index (κ3) is 3.01. The molecule has 2 aromatic carbocycles. The van der Waals surface area contributed by atoms with Crippen molar-refractivity contribution in [2.24, 2.45) is 15.9 Å². The molecule has 1 atom stereocenters. The number of amidine groups is 1. The predicted octanol–water partition coefficient (Wildman–Crippen LogP) is 4.35. The Morgan fingerprint density at radius 2 is 1.86 bits per heavy atom. The van der Waals surface area contributed by atoms with Crippen molar-refractivity contribution in [3.05, 3.63) is 69.2 Å². The summed E-state index contributed by atoms with van der Waals surface area (Å²) < 4.78 is 0.846. The molecule has 2 aromatic rings. The minimum absolute atomic E-state index is 0.108. The van der Waals surface area contributed by atoms with Crippen molar-refractivity contribution >= 4 is 39.1 Å². The van der Waals surface area contributed by atoms with Crippen LogP contribution in [0, 0.1) is 0 Å². The van der Waals surface area contributed by atoms with E-state index in [0.29, 0.717) is 17.3 Å². The number of nitrogens with two attached hydrogens (primary N) is 1. The fourth-order valence-electron chi connectivity index (χ4n) is 2.41. The van der Waals surface area contributed by atoms with Crippen LogP contribution in [0.1, 0.15) is 23.5 Å². The van der Waals surface area contributed by atoms with Gasteiger partial charge in [0, 0.05) is 16.8 Å². The van der Waals surface area contributed by atoms with Crippen molar-refractivity contribution in [1.82, 2.24) is 0 Å². The van der Waals surface area contributed by atoms with Crippen LogP contribution >= 0.6 is 27.5 Å². The molecule has 0 aromatic heterocycles.